The summed E-state index contributed by atoms with van der Waals surface area (Å²) in [6.45, 7) is 4.36. The van der Waals surface area contributed by atoms with Gasteiger partial charge in [-0.25, -0.2) is 4.79 Å². The van der Waals surface area contributed by atoms with Crippen LogP contribution in [-0.2, 0) is 0 Å². The fraction of sp³-hybridized carbons (Fsp3) is 0.462. The maximum atomic E-state index is 11.6. The Hall–Kier alpha value is -1.51. The first kappa shape index (κ1) is 11.0. The third-order valence-corrected chi connectivity index (χ3v) is 3.07. The highest BCUT2D eigenvalue weighted by molar-refractivity contribution is 5.74. The molecule has 1 aromatic rings. The zero-order valence-corrected chi connectivity index (χ0v) is 9.65. The first-order valence-corrected chi connectivity index (χ1v) is 5.89. The van der Waals surface area contributed by atoms with Crippen LogP contribution in [0.2, 0.25) is 0 Å². The monoisotopic (exact) mass is 218 g/mol. The lowest BCUT2D eigenvalue weighted by Gasteiger charge is -2.16. The summed E-state index contributed by atoms with van der Waals surface area (Å²) in [5.74, 6) is 0.504. The van der Waals surface area contributed by atoms with E-state index in [0.717, 1.165) is 19.5 Å². The normalized spacial score (nSPS) is 19.8. The molecule has 1 saturated heterocycles. The first-order chi connectivity index (χ1) is 7.81. The summed E-state index contributed by atoms with van der Waals surface area (Å²) in [5.41, 5.74) is 1.34. The van der Waals surface area contributed by atoms with Crippen LogP contribution >= 0.6 is 0 Å². The van der Waals surface area contributed by atoms with Gasteiger partial charge in [0.05, 0.1) is 0 Å². The zero-order chi connectivity index (χ0) is 11.4. The standard InChI is InChI=1S/C13H18N2O/c1-2-14-13(16)15-9-8-12(10-15)11-6-4-3-5-7-11/h3-7,12H,2,8-10H2,1H3,(H,14,16)/t12-/m1/s1. The third kappa shape index (κ3) is 2.35. The molecule has 0 spiro atoms. The molecule has 0 radical (unpaired) electrons. The van der Waals surface area contributed by atoms with Crippen molar-refractivity contribution in [1.29, 1.82) is 0 Å². The molecule has 2 amide bonds. The van der Waals surface area contributed by atoms with Crippen LogP contribution in [0, 0.1) is 0 Å². The van der Waals surface area contributed by atoms with Gasteiger partial charge in [-0.3, -0.25) is 0 Å². The molecular formula is C13H18N2O. The van der Waals surface area contributed by atoms with Crippen molar-refractivity contribution in [1.82, 2.24) is 10.2 Å². The molecule has 3 heteroatoms. The van der Waals surface area contributed by atoms with Gasteiger partial charge in [-0.05, 0) is 18.9 Å². The quantitative estimate of drug-likeness (QED) is 0.811. The molecule has 1 heterocycles. The van der Waals surface area contributed by atoms with Crippen molar-refractivity contribution in [2.24, 2.45) is 0 Å². The maximum absolute atomic E-state index is 11.6. The summed E-state index contributed by atoms with van der Waals surface area (Å²) < 4.78 is 0. The second kappa shape index (κ2) is 5.01. The number of nitrogens with one attached hydrogen (secondary N) is 1. The van der Waals surface area contributed by atoms with Gasteiger partial charge in [0.25, 0.3) is 0 Å². The summed E-state index contributed by atoms with van der Waals surface area (Å²) >= 11 is 0. The van der Waals surface area contributed by atoms with Gasteiger partial charge in [0, 0.05) is 25.6 Å². The average molecular weight is 218 g/mol. The molecule has 3 nitrogen and oxygen atoms in total. The van der Waals surface area contributed by atoms with E-state index < -0.39 is 0 Å². The van der Waals surface area contributed by atoms with E-state index in [-0.39, 0.29) is 6.03 Å². The molecule has 0 aromatic heterocycles. The smallest absolute Gasteiger partial charge is 0.317 e. The summed E-state index contributed by atoms with van der Waals surface area (Å²) in [6, 6.07) is 10.5. The second-order valence-electron chi connectivity index (χ2n) is 4.18. The number of benzene rings is 1. The summed E-state index contributed by atoms with van der Waals surface area (Å²) in [6.07, 6.45) is 1.07. The van der Waals surface area contributed by atoms with Gasteiger partial charge >= 0.3 is 6.03 Å². The predicted octanol–water partition coefficient (Wildman–Crippen LogP) is 2.21. The highest BCUT2D eigenvalue weighted by Crippen LogP contribution is 2.26. The highest BCUT2D eigenvalue weighted by Gasteiger charge is 2.26. The minimum Gasteiger partial charge on any atom is -0.338 e. The van der Waals surface area contributed by atoms with Gasteiger partial charge in [0.2, 0.25) is 0 Å². The molecule has 0 unspecified atom stereocenters. The van der Waals surface area contributed by atoms with Gasteiger partial charge in [-0.2, -0.15) is 0 Å². The SMILES string of the molecule is CCNC(=O)N1CC[C@@H](c2ccccc2)C1. The second-order valence-corrected chi connectivity index (χ2v) is 4.18. The van der Waals surface area contributed by atoms with E-state index in [1.54, 1.807) is 0 Å². The lowest BCUT2D eigenvalue weighted by atomic mass is 9.99. The Kier molecular flexibility index (Phi) is 3.44. The Morgan fingerprint density at radius 3 is 2.88 bits per heavy atom. The number of likely N-dealkylation sites (tertiary alicyclic amines) is 1. The van der Waals surface area contributed by atoms with Crippen LogP contribution in [0.1, 0.15) is 24.8 Å². The Labute approximate surface area is 96.5 Å². The molecule has 0 aliphatic carbocycles. The minimum atomic E-state index is 0.0703. The van der Waals surface area contributed by atoms with Crippen LogP contribution < -0.4 is 5.32 Å². The van der Waals surface area contributed by atoms with Crippen LogP contribution in [-0.4, -0.2) is 30.6 Å². The molecule has 0 bridgehead atoms. The van der Waals surface area contributed by atoms with Gasteiger partial charge in [0.15, 0.2) is 0 Å². The lowest BCUT2D eigenvalue weighted by Crippen LogP contribution is -2.38. The summed E-state index contributed by atoms with van der Waals surface area (Å²) in [7, 11) is 0. The van der Waals surface area contributed by atoms with Gasteiger partial charge in [-0.15, -0.1) is 0 Å². The van der Waals surface area contributed by atoms with E-state index >= 15 is 0 Å². The van der Waals surface area contributed by atoms with Crippen LogP contribution in [0.3, 0.4) is 0 Å². The Bertz CT molecular complexity index is 350. The van der Waals surface area contributed by atoms with E-state index in [1.807, 2.05) is 17.9 Å². The number of hydrogen-bond acceptors (Lipinski definition) is 1. The number of amides is 2. The molecule has 1 fully saturated rings. The van der Waals surface area contributed by atoms with Crippen LogP contribution in [0.5, 0.6) is 0 Å². The molecule has 1 aromatic carbocycles. The third-order valence-electron chi connectivity index (χ3n) is 3.07. The number of nitrogens with zero attached hydrogens (tertiary/aromatic N) is 1. The number of rotatable bonds is 2. The Morgan fingerprint density at radius 1 is 1.44 bits per heavy atom. The fourth-order valence-corrected chi connectivity index (χ4v) is 2.21. The number of carbonyl (C=O) groups is 1. The molecule has 16 heavy (non-hydrogen) atoms. The Morgan fingerprint density at radius 2 is 2.19 bits per heavy atom. The van der Waals surface area contributed by atoms with Crippen molar-refractivity contribution in [2.45, 2.75) is 19.3 Å². The molecule has 86 valence electrons. The number of carbonyl (C=O) groups excluding carboxylic acids is 1. The van der Waals surface area contributed by atoms with Crippen molar-refractivity contribution < 1.29 is 4.79 Å². The molecule has 1 aliphatic heterocycles. The summed E-state index contributed by atoms with van der Waals surface area (Å²) in [5, 5.41) is 2.85. The maximum Gasteiger partial charge on any atom is 0.317 e. The molecule has 1 aliphatic rings. The molecular weight excluding hydrogens is 200 g/mol. The van der Waals surface area contributed by atoms with E-state index in [0.29, 0.717) is 12.5 Å². The highest BCUT2D eigenvalue weighted by atomic mass is 16.2. The van der Waals surface area contributed by atoms with Gasteiger partial charge < -0.3 is 10.2 Å². The van der Waals surface area contributed by atoms with E-state index in [4.69, 9.17) is 0 Å². The zero-order valence-electron chi connectivity index (χ0n) is 9.65. The van der Waals surface area contributed by atoms with Crippen molar-refractivity contribution in [2.75, 3.05) is 19.6 Å². The lowest BCUT2D eigenvalue weighted by molar-refractivity contribution is 0.209. The van der Waals surface area contributed by atoms with E-state index in [9.17, 15) is 4.79 Å². The molecule has 0 saturated carbocycles. The minimum absolute atomic E-state index is 0.0703. The molecule has 1 atom stereocenters. The van der Waals surface area contributed by atoms with Crippen molar-refractivity contribution in [3.05, 3.63) is 35.9 Å². The Balaban J connectivity index is 1.96. The van der Waals surface area contributed by atoms with Gasteiger partial charge in [-0.1, -0.05) is 30.3 Å². The van der Waals surface area contributed by atoms with E-state index in [1.165, 1.54) is 5.56 Å². The summed E-state index contributed by atoms with van der Waals surface area (Å²) in [4.78, 5) is 13.5. The fourth-order valence-electron chi connectivity index (χ4n) is 2.21. The molecule has 1 N–H and O–H groups in total. The van der Waals surface area contributed by atoms with Crippen molar-refractivity contribution in [3.63, 3.8) is 0 Å². The van der Waals surface area contributed by atoms with Crippen LogP contribution in [0.15, 0.2) is 30.3 Å². The number of hydrogen-bond donors (Lipinski definition) is 1. The van der Waals surface area contributed by atoms with Crippen molar-refractivity contribution in [3.8, 4) is 0 Å². The average Bonchev–Trinajstić information content (AvgIpc) is 2.80. The number of urea groups is 1. The van der Waals surface area contributed by atoms with Gasteiger partial charge in [0.1, 0.15) is 0 Å². The van der Waals surface area contributed by atoms with E-state index in [2.05, 4.69) is 29.6 Å². The topological polar surface area (TPSA) is 32.3 Å². The molecule has 2 rings (SSSR count). The largest absolute Gasteiger partial charge is 0.338 e. The van der Waals surface area contributed by atoms with Crippen LogP contribution in [0.25, 0.3) is 0 Å². The van der Waals surface area contributed by atoms with Crippen molar-refractivity contribution >= 4 is 6.03 Å². The predicted molar refractivity (Wildman–Crippen MR) is 64.4 cm³/mol. The first-order valence-electron chi connectivity index (χ1n) is 5.89. The van der Waals surface area contributed by atoms with Crippen LogP contribution in [0.4, 0.5) is 4.79 Å².